The van der Waals surface area contributed by atoms with E-state index in [1.54, 1.807) is 0 Å². The summed E-state index contributed by atoms with van der Waals surface area (Å²) in [6.45, 7) is 5.00. The number of unbranched alkanes of at least 4 members (excludes halogenated alkanes) is 57. The summed E-state index contributed by atoms with van der Waals surface area (Å²) < 4.78 is 5.48. The van der Waals surface area contributed by atoms with Gasteiger partial charge in [-0.25, -0.2) is 0 Å². The molecule has 0 aromatic carbocycles. The molecule has 0 rings (SSSR count). The summed E-state index contributed by atoms with van der Waals surface area (Å²) in [6.07, 6.45) is 87.1. The maximum atomic E-state index is 12.5. The topological polar surface area (TPSA) is 95.9 Å². The molecule has 2 atom stereocenters. The van der Waals surface area contributed by atoms with Crippen molar-refractivity contribution in [1.29, 1.82) is 0 Å². The number of rotatable bonds is 70. The molecule has 80 heavy (non-hydrogen) atoms. The van der Waals surface area contributed by atoms with Gasteiger partial charge in [0.2, 0.25) is 5.91 Å². The molecule has 0 heterocycles. The van der Waals surface area contributed by atoms with Gasteiger partial charge in [-0.15, -0.1) is 0 Å². The summed E-state index contributed by atoms with van der Waals surface area (Å²) in [7, 11) is 0. The molecule has 1 amide bonds. The van der Waals surface area contributed by atoms with Crippen LogP contribution >= 0.6 is 0 Å². The standard InChI is InChI=1S/C74H145NO5/c1-3-5-7-9-11-13-15-17-18-19-34-37-40-43-46-50-54-58-62-66-72(77)71(70-76)75-73(78)67-63-59-55-51-47-44-41-38-35-32-30-28-26-24-22-20-21-23-25-27-29-31-33-36-39-42-45-49-53-57-61-65-69-80-74(79)68-64-60-56-52-48-16-14-12-10-8-6-4-2/h23,25,71-72,76-77H,3-22,24,26-70H2,1-2H3,(H,75,78)/b25-23-. The van der Waals surface area contributed by atoms with Gasteiger partial charge in [0.15, 0.2) is 0 Å². The summed E-state index contributed by atoms with van der Waals surface area (Å²) in [5.41, 5.74) is 0. The largest absolute Gasteiger partial charge is 0.466 e. The average molecular weight is 1130 g/mol. The molecule has 0 aliphatic carbocycles. The van der Waals surface area contributed by atoms with Crippen molar-refractivity contribution in [1.82, 2.24) is 5.32 Å². The highest BCUT2D eigenvalue weighted by molar-refractivity contribution is 5.76. The molecule has 0 aromatic rings. The Balaban J connectivity index is 3.35. The van der Waals surface area contributed by atoms with Gasteiger partial charge in [-0.1, -0.05) is 373 Å². The summed E-state index contributed by atoms with van der Waals surface area (Å²) in [4.78, 5) is 24.6. The first kappa shape index (κ1) is 78.6. The highest BCUT2D eigenvalue weighted by atomic mass is 16.5. The van der Waals surface area contributed by atoms with Gasteiger partial charge in [-0.2, -0.15) is 0 Å². The predicted molar refractivity (Wildman–Crippen MR) is 352 cm³/mol. The number of amides is 1. The van der Waals surface area contributed by atoms with Crippen molar-refractivity contribution in [3.63, 3.8) is 0 Å². The van der Waals surface area contributed by atoms with Gasteiger partial charge in [0.25, 0.3) is 0 Å². The van der Waals surface area contributed by atoms with Crippen molar-refractivity contribution in [2.24, 2.45) is 0 Å². The van der Waals surface area contributed by atoms with Gasteiger partial charge in [-0.05, 0) is 51.4 Å². The average Bonchev–Trinajstić information content (AvgIpc) is 3.46. The quantitative estimate of drug-likeness (QED) is 0.0320. The lowest BCUT2D eigenvalue weighted by Crippen LogP contribution is -2.45. The van der Waals surface area contributed by atoms with Gasteiger partial charge in [0, 0.05) is 12.8 Å². The van der Waals surface area contributed by atoms with Crippen LogP contribution in [0.3, 0.4) is 0 Å². The third kappa shape index (κ3) is 65.7. The Hall–Kier alpha value is -1.40. The maximum Gasteiger partial charge on any atom is 0.305 e. The summed E-state index contributed by atoms with van der Waals surface area (Å²) in [6, 6.07) is -0.539. The molecule has 0 saturated heterocycles. The lowest BCUT2D eigenvalue weighted by molar-refractivity contribution is -0.143. The van der Waals surface area contributed by atoms with Crippen LogP contribution in [0.5, 0.6) is 0 Å². The monoisotopic (exact) mass is 1130 g/mol. The van der Waals surface area contributed by atoms with Crippen molar-refractivity contribution in [2.45, 2.75) is 437 Å². The molecule has 0 radical (unpaired) electrons. The maximum absolute atomic E-state index is 12.5. The molecule has 0 aromatic heterocycles. The number of hydrogen-bond acceptors (Lipinski definition) is 5. The zero-order chi connectivity index (χ0) is 57.8. The van der Waals surface area contributed by atoms with Crippen molar-refractivity contribution >= 4 is 11.9 Å². The van der Waals surface area contributed by atoms with E-state index in [1.165, 1.54) is 353 Å². The third-order valence-corrected chi connectivity index (χ3v) is 17.6. The van der Waals surface area contributed by atoms with Crippen molar-refractivity contribution in [2.75, 3.05) is 13.2 Å². The lowest BCUT2D eigenvalue weighted by Gasteiger charge is -2.22. The molecule has 3 N–H and O–H groups in total. The van der Waals surface area contributed by atoms with Crippen molar-refractivity contribution in [3.8, 4) is 0 Å². The van der Waals surface area contributed by atoms with E-state index in [9.17, 15) is 19.8 Å². The number of aliphatic hydroxyl groups excluding tert-OH is 2. The SMILES string of the molecule is CCCCCCCCCCCCCCCCCCCCCC(O)C(CO)NC(=O)CCCCCCCCCCCCCCCCCC/C=C\CCCCCCCCCCCCCCOC(=O)CCCCCCCCCCCCCC. The van der Waals surface area contributed by atoms with E-state index >= 15 is 0 Å². The van der Waals surface area contributed by atoms with E-state index in [-0.39, 0.29) is 18.5 Å². The van der Waals surface area contributed by atoms with E-state index in [2.05, 4.69) is 31.3 Å². The third-order valence-electron chi connectivity index (χ3n) is 17.6. The number of allylic oxidation sites excluding steroid dienone is 2. The minimum atomic E-state index is -0.662. The van der Waals surface area contributed by atoms with Crippen molar-refractivity contribution < 1.29 is 24.5 Å². The van der Waals surface area contributed by atoms with E-state index in [0.29, 0.717) is 25.9 Å². The molecule has 476 valence electrons. The Morgan fingerprint density at radius 1 is 0.338 bits per heavy atom. The molecule has 0 spiro atoms. The summed E-state index contributed by atoms with van der Waals surface area (Å²) in [5, 5.41) is 23.4. The van der Waals surface area contributed by atoms with E-state index < -0.39 is 12.1 Å². The first-order chi connectivity index (χ1) is 39.5. The Bertz CT molecular complexity index is 1210. The van der Waals surface area contributed by atoms with Crippen LogP contribution in [0.2, 0.25) is 0 Å². The van der Waals surface area contributed by atoms with Crippen LogP contribution in [0.1, 0.15) is 425 Å². The molecule has 6 nitrogen and oxygen atoms in total. The van der Waals surface area contributed by atoms with E-state index in [0.717, 1.165) is 38.5 Å². The van der Waals surface area contributed by atoms with E-state index in [1.807, 2.05) is 0 Å². The molecule has 0 aliphatic heterocycles. The van der Waals surface area contributed by atoms with E-state index in [4.69, 9.17) is 4.74 Å². The fourth-order valence-corrected chi connectivity index (χ4v) is 11.9. The fourth-order valence-electron chi connectivity index (χ4n) is 11.9. The summed E-state index contributed by atoms with van der Waals surface area (Å²) >= 11 is 0. The number of aliphatic hydroxyl groups is 2. The molecule has 0 saturated carbocycles. The number of esters is 1. The molecule has 0 bridgehead atoms. The van der Waals surface area contributed by atoms with Crippen molar-refractivity contribution in [3.05, 3.63) is 12.2 Å². The Morgan fingerprint density at radius 3 is 0.887 bits per heavy atom. The van der Waals surface area contributed by atoms with Gasteiger partial charge in [-0.3, -0.25) is 9.59 Å². The van der Waals surface area contributed by atoms with Gasteiger partial charge in [0.05, 0.1) is 25.4 Å². The lowest BCUT2D eigenvalue weighted by atomic mass is 10.0. The Labute approximate surface area is 501 Å². The number of carbonyl (C=O) groups excluding carboxylic acids is 2. The van der Waals surface area contributed by atoms with Crippen LogP contribution in [0.25, 0.3) is 0 Å². The number of carbonyl (C=O) groups is 2. The van der Waals surface area contributed by atoms with Gasteiger partial charge < -0.3 is 20.3 Å². The van der Waals surface area contributed by atoms with Crippen LogP contribution in [-0.4, -0.2) is 47.4 Å². The number of hydrogen-bond donors (Lipinski definition) is 3. The first-order valence-corrected chi connectivity index (χ1v) is 36.9. The molecular formula is C74H145NO5. The smallest absolute Gasteiger partial charge is 0.305 e. The van der Waals surface area contributed by atoms with Gasteiger partial charge in [0.1, 0.15) is 0 Å². The Kier molecular flexibility index (Phi) is 68.9. The normalized spacial score (nSPS) is 12.5. The van der Waals surface area contributed by atoms with Crippen LogP contribution in [-0.2, 0) is 14.3 Å². The molecule has 0 aliphatic rings. The zero-order valence-electron chi connectivity index (χ0n) is 54.6. The molecular weight excluding hydrogens is 983 g/mol. The Morgan fingerprint density at radius 2 is 0.588 bits per heavy atom. The number of ether oxygens (including phenoxy) is 1. The molecule has 0 fully saturated rings. The highest BCUT2D eigenvalue weighted by Gasteiger charge is 2.20. The predicted octanol–water partition coefficient (Wildman–Crippen LogP) is 23.9. The fraction of sp³-hybridized carbons (Fsp3) is 0.946. The number of nitrogens with one attached hydrogen (secondary N) is 1. The molecule has 6 heteroatoms. The minimum Gasteiger partial charge on any atom is -0.466 e. The van der Waals surface area contributed by atoms with Crippen LogP contribution in [0.15, 0.2) is 12.2 Å². The first-order valence-electron chi connectivity index (χ1n) is 36.9. The minimum absolute atomic E-state index is 0.0199. The molecule has 2 unspecified atom stereocenters. The highest BCUT2D eigenvalue weighted by Crippen LogP contribution is 2.19. The van der Waals surface area contributed by atoms with Crippen LogP contribution < -0.4 is 5.32 Å². The zero-order valence-corrected chi connectivity index (χ0v) is 54.6. The van der Waals surface area contributed by atoms with Gasteiger partial charge >= 0.3 is 5.97 Å². The van der Waals surface area contributed by atoms with Crippen LogP contribution in [0, 0.1) is 0 Å². The van der Waals surface area contributed by atoms with Crippen LogP contribution in [0.4, 0.5) is 0 Å². The second-order valence-corrected chi connectivity index (χ2v) is 25.6. The second kappa shape index (κ2) is 70.1. The second-order valence-electron chi connectivity index (χ2n) is 25.6. The summed E-state index contributed by atoms with van der Waals surface area (Å²) in [5.74, 6) is -0.00763.